The number of benzene rings is 2. The lowest BCUT2D eigenvalue weighted by Crippen LogP contribution is -2.47. The van der Waals surface area contributed by atoms with Gasteiger partial charge in [0, 0.05) is 31.1 Å². The molecule has 2 amide bonds. The highest BCUT2D eigenvalue weighted by Gasteiger charge is 2.26. The lowest BCUT2D eigenvalue weighted by Gasteiger charge is -2.29. The van der Waals surface area contributed by atoms with Crippen LogP contribution < -0.4 is 9.62 Å². The largest absolute Gasteiger partial charge is 0.354 e. The zero-order chi connectivity index (χ0) is 25.1. The molecule has 0 bridgehead atoms. The Hall–Kier alpha value is -2.58. The van der Waals surface area contributed by atoms with Crippen LogP contribution >= 0.6 is 11.6 Å². The van der Waals surface area contributed by atoms with Crippen LogP contribution in [0.4, 0.5) is 5.69 Å². The molecule has 7 nitrogen and oxygen atoms in total. The molecular weight excluding hydrogens is 474 g/mol. The van der Waals surface area contributed by atoms with E-state index in [1.165, 1.54) is 4.31 Å². The van der Waals surface area contributed by atoms with E-state index in [-0.39, 0.29) is 24.8 Å². The summed E-state index contributed by atoms with van der Waals surface area (Å²) < 4.78 is 25.9. The van der Waals surface area contributed by atoms with Crippen molar-refractivity contribution in [3.63, 3.8) is 0 Å². The van der Waals surface area contributed by atoms with E-state index in [4.69, 9.17) is 11.6 Å². The normalized spacial score (nSPS) is 12.1. The minimum Gasteiger partial charge on any atom is -0.354 e. The first kappa shape index (κ1) is 27.7. The van der Waals surface area contributed by atoms with Crippen LogP contribution in [-0.4, -0.2) is 50.5 Å². The Morgan fingerprint density at radius 1 is 1.06 bits per heavy atom. The maximum atomic E-state index is 13.2. The summed E-state index contributed by atoms with van der Waals surface area (Å²) in [6.45, 7) is 4.75. The molecule has 0 saturated heterocycles. The molecule has 0 aromatic heterocycles. The third kappa shape index (κ3) is 8.65. The molecule has 0 spiro atoms. The second-order valence-electron chi connectivity index (χ2n) is 8.25. The van der Waals surface area contributed by atoms with Gasteiger partial charge in [0.2, 0.25) is 21.8 Å². The maximum absolute atomic E-state index is 13.2. The van der Waals surface area contributed by atoms with Gasteiger partial charge in [0.1, 0.15) is 6.04 Å². The van der Waals surface area contributed by atoms with Crippen LogP contribution in [0.5, 0.6) is 0 Å². The predicted molar refractivity (Wildman–Crippen MR) is 137 cm³/mol. The molecule has 0 radical (unpaired) electrons. The van der Waals surface area contributed by atoms with Crippen molar-refractivity contribution in [1.29, 1.82) is 0 Å². The standard InChI is InChI=1S/C25H34ClN3O4S/c1-4-5-16-27-25(31)20(2)28(19-21-11-7-6-8-12-21)24(30)15-10-17-29(34(3,32)33)23-14-9-13-22(26)18-23/h6-9,11-14,18,20H,4-5,10,15-17,19H2,1-3H3,(H,27,31)/t20-/m1/s1. The van der Waals surface area contributed by atoms with Crippen molar-refractivity contribution in [2.75, 3.05) is 23.7 Å². The van der Waals surface area contributed by atoms with Crippen LogP contribution in [0.3, 0.4) is 0 Å². The molecule has 2 rings (SSSR count). The molecule has 0 aliphatic rings. The molecule has 0 fully saturated rings. The van der Waals surface area contributed by atoms with Gasteiger partial charge in [-0.2, -0.15) is 0 Å². The lowest BCUT2D eigenvalue weighted by atomic mass is 10.1. The van der Waals surface area contributed by atoms with Crippen molar-refractivity contribution in [2.45, 2.75) is 52.1 Å². The van der Waals surface area contributed by atoms with Gasteiger partial charge in [0.25, 0.3) is 0 Å². The van der Waals surface area contributed by atoms with E-state index >= 15 is 0 Å². The zero-order valence-electron chi connectivity index (χ0n) is 20.0. The molecule has 186 valence electrons. The smallest absolute Gasteiger partial charge is 0.242 e. The quantitative estimate of drug-likeness (QED) is 0.411. The fourth-order valence-electron chi connectivity index (χ4n) is 3.53. The van der Waals surface area contributed by atoms with E-state index in [0.29, 0.717) is 30.2 Å². The van der Waals surface area contributed by atoms with Gasteiger partial charge < -0.3 is 10.2 Å². The molecule has 1 atom stereocenters. The van der Waals surface area contributed by atoms with E-state index < -0.39 is 16.1 Å². The highest BCUT2D eigenvalue weighted by molar-refractivity contribution is 7.92. The number of hydrogen-bond acceptors (Lipinski definition) is 4. The number of halogens is 1. The van der Waals surface area contributed by atoms with Crippen molar-refractivity contribution in [3.05, 3.63) is 65.2 Å². The third-order valence-corrected chi connectivity index (χ3v) is 6.87. The van der Waals surface area contributed by atoms with Gasteiger partial charge in [-0.1, -0.05) is 61.3 Å². The molecule has 9 heteroatoms. The fraction of sp³-hybridized carbons (Fsp3) is 0.440. The van der Waals surface area contributed by atoms with Crippen LogP contribution in [0.2, 0.25) is 5.02 Å². The number of amides is 2. The highest BCUT2D eigenvalue weighted by Crippen LogP contribution is 2.22. The second kappa shape index (κ2) is 13.3. The molecule has 2 aromatic rings. The van der Waals surface area contributed by atoms with Crippen molar-refractivity contribution in [3.8, 4) is 0 Å². The molecule has 0 aliphatic carbocycles. The predicted octanol–water partition coefficient (Wildman–Crippen LogP) is 4.22. The van der Waals surface area contributed by atoms with E-state index in [1.54, 1.807) is 36.1 Å². The number of carbonyl (C=O) groups excluding carboxylic acids is 2. The minimum absolute atomic E-state index is 0.103. The molecule has 0 unspecified atom stereocenters. The zero-order valence-corrected chi connectivity index (χ0v) is 21.6. The van der Waals surface area contributed by atoms with E-state index in [9.17, 15) is 18.0 Å². The average molecular weight is 508 g/mol. The Balaban J connectivity index is 2.11. The van der Waals surface area contributed by atoms with Crippen molar-refractivity contribution >= 4 is 39.1 Å². The summed E-state index contributed by atoms with van der Waals surface area (Å²) >= 11 is 6.03. The van der Waals surface area contributed by atoms with Crippen molar-refractivity contribution < 1.29 is 18.0 Å². The van der Waals surface area contributed by atoms with Crippen molar-refractivity contribution in [1.82, 2.24) is 10.2 Å². The summed E-state index contributed by atoms with van der Waals surface area (Å²) in [5, 5.41) is 3.32. The third-order valence-electron chi connectivity index (χ3n) is 5.44. The summed E-state index contributed by atoms with van der Waals surface area (Å²) in [5.41, 5.74) is 1.37. The molecule has 0 aliphatic heterocycles. The van der Waals surface area contributed by atoms with Crippen LogP contribution in [0.25, 0.3) is 0 Å². The number of nitrogens with zero attached hydrogens (tertiary/aromatic N) is 2. The van der Waals surface area contributed by atoms with Crippen LogP contribution in [-0.2, 0) is 26.2 Å². The number of sulfonamides is 1. The summed E-state index contributed by atoms with van der Waals surface area (Å²) in [4.78, 5) is 27.4. The number of anilines is 1. The van der Waals surface area contributed by atoms with Gasteiger partial charge in [-0.25, -0.2) is 8.42 Å². The molecule has 0 heterocycles. The van der Waals surface area contributed by atoms with Gasteiger partial charge >= 0.3 is 0 Å². The Morgan fingerprint density at radius 2 is 1.76 bits per heavy atom. The summed E-state index contributed by atoms with van der Waals surface area (Å²) in [7, 11) is -3.56. The number of hydrogen-bond donors (Lipinski definition) is 1. The number of nitrogens with one attached hydrogen (secondary N) is 1. The summed E-state index contributed by atoms with van der Waals surface area (Å²) in [6, 6.07) is 15.4. The maximum Gasteiger partial charge on any atom is 0.242 e. The van der Waals surface area contributed by atoms with Gasteiger partial charge in [-0.3, -0.25) is 13.9 Å². The van der Waals surface area contributed by atoms with E-state index in [0.717, 1.165) is 24.7 Å². The molecule has 1 N–H and O–H groups in total. The van der Waals surface area contributed by atoms with E-state index in [1.807, 2.05) is 37.3 Å². The van der Waals surface area contributed by atoms with Gasteiger partial charge in [0.05, 0.1) is 11.9 Å². The first-order chi connectivity index (χ1) is 16.1. The number of rotatable bonds is 13. The topological polar surface area (TPSA) is 86.8 Å². The first-order valence-corrected chi connectivity index (χ1v) is 13.7. The Morgan fingerprint density at radius 3 is 2.38 bits per heavy atom. The monoisotopic (exact) mass is 507 g/mol. The minimum atomic E-state index is -3.56. The number of carbonyl (C=O) groups is 2. The molecular formula is C25H34ClN3O4S. The average Bonchev–Trinajstić information content (AvgIpc) is 2.79. The number of unbranched alkanes of at least 4 members (excludes halogenated alkanes) is 1. The molecule has 0 saturated carbocycles. The summed E-state index contributed by atoms with van der Waals surface area (Å²) in [6.07, 6.45) is 3.36. The van der Waals surface area contributed by atoms with Gasteiger partial charge in [0.15, 0.2) is 0 Å². The summed E-state index contributed by atoms with van der Waals surface area (Å²) in [5.74, 6) is -0.407. The Bertz CT molecular complexity index is 1050. The SMILES string of the molecule is CCCCNC(=O)[C@@H](C)N(Cc1ccccc1)C(=O)CCCN(c1cccc(Cl)c1)S(C)(=O)=O. The fourth-order valence-corrected chi connectivity index (χ4v) is 4.68. The lowest BCUT2D eigenvalue weighted by molar-refractivity contribution is -0.140. The van der Waals surface area contributed by atoms with Gasteiger partial charge in [-0.15, -0.1) is 0 Å². The van der Waals surface area contributed by atoms with Crippen LogP contribution in [0.15, 0.2) is 54.6 Å². The molecule has 2 aromatic carbocycles. The van der Waals surface area contributed by atoms with Crippen LogP contribution in [0, 0.1) is 0 Å². The van der Waals surface area contributed by atoms with E-state index in [2.05, 4.69) is 5.32 Å². The molecule has 34 heavy (non-hydrogen) atoms. The Kier molecular flexibility index (Phi) is 10.9. The Labute approximate surface area is 208 Å². The van der Waals surface area contributed by atoms with Crippen LogP contribution in [0.1, 0.15) is 45.1 Å². The second-order valence-corrected chi connectivity index (χ2v) is 10.6. The van der Waals surface area contributed by atoms with Gasteiger partial charge in [-0.05, 0) is 43.5 Å². The first-order valence-electron chi connectivity index (χ1n) is 11.5. The highest BCUT2D eigenvalue weighted by atomic mass is 35.5. The van der Waals surface area contributed by atoms with Crippen molar-refractivity contribution in [2.24, 2.45) is 0 Å².